The molecule has 3 rings (SSSR count). The SMILES string of the molecule is CC(=O)OC[C@@H]1CSC(c2cc3cc(CS(C)(=O)=O)cc([N+](=O)[O-])c3[nH]2)=N1. The van der Waals surface area contributed by atoms with Gasteiger partial charge in [0.25, 0.3) is 5.69 Å². The maximum Gasteiger partial charge on any atom is 0.302 e. The molecule has 0 amide bonds. The molecular formula is C16H17N3O6S2. The number of sulfone groups is 1. The number of aliphatic imine (C=N–C) groups is 1. The Labute approximate surface area is 159 Å². The number of thioether (sulfide) groups is 1. The molecule has 0 bridgehead atoms. The van der Waals surface area contributed by atoms with E-state index in [4.69, 9.17) is 4.74 Å². The van der Waals surface area contributed by atoms with Crippen LogP contribution in [-0.4, -0.2) is 54.0 Å². The summed E-state index contributed by atoms with van der Waals surface area (Å²) in [5, 5.41) is 12.6. The maximum absolute atomic E-state index is 11.5. The van der Waals surface area contributed by atoms with Crippen LogP contribution in [0, 0.1) is 10.1 Å². The van der Waals surface area contributed by atoms with Crippen LogP contribution in [0.25, 0.3) is 10.9 Å². The van der Waals surface area contributed by atoms with E-state index in [0.29, 0.717) is 33.0 Å². The molecule has 9 nitrogen and oxygen atoms in total. The van der Waals surface area contributed by atoms with Crippen molar-refractivity contribution in [3.63, 3.8) is 0 Å². The van der Waals surface area contributed by atoms with Crippen LogP contribution in [0.5, 0.6) is 0 Å². The minimum atomic E-state index is -3.32. The highest BCUT2D eigenvalue weighted by molar-refractivity contribution is 8.14. The second-order valence-electron chi connectivity index (χ2n) is 6.29. The summed E-state index contributed by atoms with van der Waals surface area (Å²) in [7, 11) is -3.32. The fourth-order valence-electron chi connectivity index (χ4n) is 2.79. The van der Waals surface area contributed by atoms with Gasteiger partial charge >= 0.3 is 5.97 Å². The fourth-order valence-corrected chi connectivity index (χ4v) is 4.57. The molecule has 0 aliphatic carbocycles. The number of carbonyl (C=O) groups excluding carboxylic acids is 1. The predicted octanol–water partition coefficient (Wildman–Crippen LogP) is 2.05. The number of fused-ring (bicyclic) bond motifs is 1. The molecule has 0 radical (unpaired) electrons. The Kier molecular flexibility index (Phi) is 5.24. The number of aromatic amines is 1. The minimum absolute atomic E-state index is 0.170. The highest BCUT2D eigenvalue weighted by Gasteiger charge is 2.24. The van der Waals surface area contributed by atoms with Crippen molar-refractivity contribution in [2.45, 2.75) is 18.7 Å². The van der Waals surface area contributed by atoms with Gasteiger partial charge in [0.2, 0.25) is 0 Å². The second kappa shape index (κ2) is 7.31. The lowest BCUT2D eigenvalue weighted by Gasteiger charge is -2.04. The molecule has 2 aromatic rings. The van der Waals surface area contributed by atoms with Gasteiger partial charge in [-0.15, -0.1) is 11.8 Å². The van der Waals surface area contributed by atoms with Crippen LogP contribution >= 0.6 is 11.8 Å². The van der Waals surface area contributed by atoms with Crippen LogP contribution < -0.4 is 0 Å². The molecule has 0 spiro atoms. The van der Waals surface area contributed by atoms with Crippen LogP contribution in [0.15, 0.2) is 23.2 Å². The quantitative estimate of drug-likeness (QED) is 0.437. The van der Waals surface area contributed by atoms with E-state index < -0.39 is 14.8 Å². The third-order valence-corrected chi connectivity index (χ3v) is 5.82. The lowest BCUT2D eigenvalue weighted by molar-refractivity contribution is -0.383. The molecule has 1 N–H and O–H groups in total. The average molecular weight is 411 g/mol. The first-order valence-electron chi connectivity index (χ1n) is 7.94. The van der Waals surface area contributed by atoms with Crippen LogP contribution in [0.3, 0.4) is 0 Å². The van der Waals surface area contributed by atoms with Gasteiger partial charge in [0.05, 0.1) is 22.4 Å². The summed E-state index contributed by atoms with van der Waals surface area (Å²) in [4.78, 5) is 29.3. The molecule has 1 atom stereocenters. The molecule has 1 aromatic carbocycles. The van der Waals surface area contributed by atoms with Crippen molar-refractivity contribution in [1.29, 1.82) is 0 Å². The van der Waals surface area contributed by atoms with Crippen LogP contribution in [0.1, 0.15) is 18.2 Å². The molecule has 0 unspecified atom stereocenters. The number of nitrogens with one attached hydrogen (secondary N) is 1. The lowest BCUT2D eigenvalue weighted by atomic mass is 10.1. The number of non-ortho nitro benzene ring substituents is 1. The number of hydrogen-bond acceptors (Lipinski definition) is 8. The number of benzene rings is 1. The molecule has 1 aromatic heterocycles. The standard InChI is InChI=1S/C16H17N3O6S2/c1-9(20)25-6-12-7-26-16(17-12)13-5-11-3-10(8-27(2,23)24)4-14(19(21)22)15(11)18-13/h3-5,12,18H,6-8H2,1-2H3/t12-/m1/s1. The van der Waals surface area contributed by atoms with E-state index in [1.54, 1.807) is 12.1 Å². The first-order chi connectivity index (χ1) is 12.6. The number of esters is 1. The van der Waals surface area contributed by atoms with Gasteiger partial charge in [0.15, 0.2) is 9.84 Å². The van der Waals surface area contributed by atoms with Gasteiger partial charge in [-0.2, -0.15) is 0 Å². The van der Waals surface area contributed by atoms with Crippen molar-refractivity contribution in [2.75, 3.05) is 18.6 Å². The monoisotopic (exact) mass is 411 g/mol. The van der Waals surface area contributed by atoms with Crippen molar-refractivity contribution < 1.29 is 22.9 Å². The van der Waals surface area contributed by atoms with Gasteiger partial charge in [0, 0.05) is 30.4 Å². The average Bonchev–Trinajstić information content (AvgIpc) is 3.16. The fraction of sp³-hybridized carbons (Fsp3) is 0.375. The van der Waals surface area contributed by atoms with E-state index in [-0.39, 0.29) is 30.1 Å². The number of hydrogen-bond donors (Lipinski definition) is 1. The molecule has 27 heavy (non-hydrogen) atoms. The Morgan fingerprint density at radius 2 is 2.19 bits per heavy atom. The predicted molar refractivity (Wildman–Crippen MR) is 103 cm³/mol. The number of nitro benzene ring substituents is 1. The van der Waals surface area contributed by atoms with Gasteiger partial charge in [-0.3, -0.25) is 19.9 Å². The van der Waals surface area contributed by atoms with Crippen molar-refractivity contribution in [1.82, 2.24) is 4.98 Å². The summed E-state index contributed by atoms with van der Waals surface area (Å²) in [5.74, 6) is -0.00702. The number of aromatic nitrogens is 1. The van der Waals surface area contributed by atoms with Gasteiger partial charge in [-0.05, 0) is 17.7 Å². The molecule has 1 aliphatic heterocycles. The van der Waals surface area contributed by atoms with Gasteiger partial charge in [0.1, 0.15) is 17.2 Å². The summed E-state index contributed by atoms with van der Waals surface area (Å²) in [6.45, 7) is 1.52. The maximum atomic E-state index is 11.5. The number of carbonyl (C=O) groups is 1. The summed E-state index contributed by atoms with van der Waals surface area (Å²) in [5.41, 5.74) is 1.10. The molecule has 0 saturated carbocycles. The van der Waals surface area contributed by atoms with Crippen LogP contribution in [0.4, 0.5) is 5.69 Å². The largest absolute Gasteiger partial charge is 0.464 e. The normalized spacial score (nSPS) is 17.1. The molecule has 0 saturated heterocycles. The zero-order valence-corrected chi connectivity index (χ0v) is 16.2. The Bertz CT molecular complexity index is 1060. The molecule has 0 fully saturated rings. The van der Waals surface area contributed by atoms with Crippen molar-refractivity contribution in [2.24, 2.45) is 4.99 Å². The van der Waals surface area contributed by atoms with Crippen molar-refractivity contribution in [3.8, 4) is 0 Å². The van der Waals surface area contributed by atoms with E-state index in [1.807, 2.05) is 0 Å². The van der Waals surface area contributed by atoms with Crippen molar-refractivity contribution >= 4 is 49.2 Å². The highest BCUT2D eigenvalue weighted by Crippen LogP contribution is 2.31. The summed E-state index contributed by atoms with van der Waals surface area (Å²) < 4.78 is 28.0. The molecular weight excluding hydrogens is 394 g/mol. The Morgan fingerprint density at radius 3 is 2.81 bits per heavy atom. The van der Waals surface area contributed by atoms with Crippen LogP contribution in [-0.2, 0) is 25.1 Å². The summed E-state index contributed by atoms with van der Waals surface area (Å²) in [6, 6.07) is 4.45. The number of nitro groups is 1. The Balaban J connectivity index is 1.97. The minimum Gasteiger partial charge on any atom is -0.464 e. The zero-order valence-electron chi connectivity index (χ0n) is 14.6. The van der Waals surface area contributed by atoms with Crippen LogP contribution in [0.2, 0.25) is 0 Å². The molecule has 2 heterocycles. The van der Waals surface area contributed by atoms with Gasteiger partial charge < -0.3 is 9.72 Å². The smallest absolute Gasteiger partial charge is 0.302 e. The zero-order chi connectivity index (χ0) is 19.8. The van der Waals surface area contributed by atoms with Gasteiger partial charge in [-0.25, -0.2) is 8.42 Å². The van der Waals surface area contributed by atoms with E-state index in [9.17, 15) is 23.3 Å². The third-order valence-electron chi connectivity index (χ3n) is 3.81. The number of H-pyrrole nitrogens is 1. The van der Waals surface area contributed by atoms with E-state index >= 15 is 0 Å². The second-order valence-corrected chi connectivity index (χ2v) is 9.44. The molecule has 1 aliphatic rings. The highest BCUT2D eigenvalue weighted by atomic mass is 32.2. The molecule has 11 heteroatoms. The van der Waals surface area contributed by atoms with E-state index in [1.165, 1.54) is 24.8 Å². The number of ether oxygens (including phenoxy) is 1. The number of rotatable bonds is 6. The van der Waals surface area contributed by atoms with E-state index in [2.05, 4.69) is 9.98 Å². The number of nitrogens with zero attached hydrogens (tertiary/aromatic N) is 2. The summed E-state index contributed by atoms with van der Waals surface area (Å²) in [6.07, 6.45) is 1.08. The Morgan fingerprint density at radius 1 is 1.44 bits per heavy atom. The van der Waals surface area contributed by atoms with Crippen molar-refractivity contribution in [3.05, 3.63) is 39.6 Å². The first kappa shape index (κ1) is 19.4. The van der Waals surface area contributed by atoms with E-state index in [0.717, 1.165) is 6.26 Å². The third kappa shape index (κ3) is 4.66. The molecule has 144 valence electrons. The first-order valence-corrected chi connectivity index (χ1v) is 11.0. The van der Waals surface area contributed by atoms with Gasteiger partial charge in [-0.1, -0.05) is 0 Å². The Hall–Kier alpha value is -2.40. The topological polar surface area (TPSA) is 132 Å². The summed E-state index contributed by atoms with van der Waals surface area (Å²) >= 11 is 1.46. The lowest BCUT2D eigenvalue weighted by Crippen LogP contribution is -2.15.